The monoisotopic (exact) mass is 838 g/mol. The van der Waals surface area contributed by atoms with E-state index in [0.717, 1.165) is 0 Å². The van der Waals surface area contributed by atoms with E-state index in [1.165, 1.54) is 194 Å². The summed E-state index contributed by atoms with van der Waals surface area (Å²) in [6, 6.07) is 27.1. The molecule has 3 nitrogen and oxygen atoms in total. The molecular weight excluding hydrogens is 773 g/mol. The van der Waals surface area contributed by atoms with Crippen molar-refractivity contribution in [1.82, 2.24) is 14.0 Å². The van der Waals surface area contributed by atoms with Crippen LogP contribution in [-0.2, 0) is 33.5 Å². The summed E-state index contributed by atoms with van der Waals surface area (Å²) in [5.74, 6) is 1.19. The van der Waals surface area contributed by atoms with Crippen LogP contribution in [0, 0.1) is 13.8 Å². The number of aromatic nitrogens is 3. The van der Waals surface area contributed by atoms with Gasteiger partial charge >= 0.3 is 0 Å². The van der Waals surface area contributed by atoms with Gasteiger partial charge in [-0.05, 0) is 168 Å². The molecule has 0 atom stereocenters. The predicted octanol–water partition coefficient (Wildman–Crippen LogP) is 13.5. The maximum absolute atomic E-state index is 6.41. The maximum Gasteiger partial charge on any atom is 0.243 e. The molecule has 0 bridgehead atoms. The van der Waals surface area contributed by atoms with E-state index in [1.807, 2.05) is 11.1 Å². The molecule has 2 aromatic heterocycles. The average molecular weight is 838 g/mol. The van der Waals surface area contributed by atoms with Gasteiger partial charge in [-0.15, -0.1) is 0 Å². The van der Waals surface area contributed by atoms with Crippen molar-refractivity contribution in [2.24, 2.45) is 0 Å². The zero-order chi connectivity index (χ0) is 42.7. The summed E-state index contributed by atoms with van der Waals surface area (Å²) < 4.78 is 5.70. The third-order valence-corrected chi connectivity index (χ3v) is 20.2. The predicted molar refractivity (Wildman–Crippen MR) is 268 cm³/mol. The van der Waals surface area contributed by atoms with Gasteiger partial charge in [0, 0.05) is 22.1 Å². The van der Waals surface area contributed by atoms with Crippen LogP contribution in [0.5, 0.6) is 0 Å². The number of rotatable bonds is 1. The smallest absolute Gasteiger partial charge is 0.243 e. The summed E-state index contributed by atoms with van der Waals surface area (Å²) in [4.78, 5) is 6.41. The number of fused-ring (bicyclic) bond motifs is 18. The van der Waals surface area contributed by atoms with Gasteiger partial charge in [0.2, 0.25) is 12.5 Å². The summed E-state index contributed by atoms with van der Waals surface area (Å²) in [7, 11) is 0. The van der Waals surface area contributed by atoms with E-state index >= 15 is 0 Å². The Bertz CT molecular complexity index is 3270. The van der Waals surface area contributed by atoms with E-state index < -0.39 is 0 Å². The highest BCUT2D eigenvalue weighted by Crippen LogP contribution is 2.68. The fourth-order valence-electron chi connectivity index (χ4n) is 17.8. The van der Waals surface area contributed by atoms with Crippen molar-refractivity contribution < 1.29 is 0 Å². The molecule has 0 radical (unpaired) electrons. The quantitative estimate of drug-likeness (QED) is 0.151. The Morgan fingerprint density at radius 2 is 1.30 bits per heavy atom. The van der Waals surface area contributed by atoms with Crippen molar-refractivity contribution in [2.45, 2.75) is 184 Å². The van der Waals surface area contributed by atoms with Gasteiger partial charge < -0.3 is 0 Å². The third-order valence-electron chi connectivity index (χ3n) is 20.2. The fraction of sp³-hybridized carbons (Fsp3) is 0.483. The number of hydrogen-bond donors (Lipinski definition) is 0. The van der Waals surface area contributed by atoms with E-state index in [-0.39, 0.29) is 28.4 Å². The standard InChI is InChI=1S/C60H64BN3/c1-36-19-22-44-46-45(36)37(2)33-43-52(46)64(51-40-21-20-38(56(3,4)5)34-42(40)60(30-15-16-31-60)54(51)61(43)39-17-7-6-8-18-39)55-62-50-48-41(23-32-57(48)24-9-10-25-57)47-49(53(50)63(44)55)59(28-13-14-29-59)35-58(47)26-11-12-27-58/h6-8,17-22,33-34H,9-16,23-32,35H2,1-5H3. The zero-order valence-electron chi connectivity index (χ0n) is 39.2. The SMILES string of the molecule is Cc1ccc2c3c1c(C)cc1c3n(c3nc4c5c(c6c(c4n23)C2(CCCC2)CC62CCCC2)CCC52CCCC2)C2=C(B1c1ccccc1)C1(CCCC1)c1cc(C(C)(C)C)ccc12. The molecular formula is C60H64BN3. The number of aryl methyl sites for hydroxylation is 2. The molecule has 5 aromatic carbocycles. The summed E-state index contributed by atoms with van der Waals surface area (Å²) in [5, 5.41) is 2.92. The molecule has 1 aliphatic heterocycles. The van der Waals surface area contributed by atoms with Crippen molar-refractivity contribution in [1.29, 1.82) is 0 Å². The molecule has 3 heterocycles. The largest absolute Gasteiger partial charge is 0.280 e. The van der Waals surface area contributed by atoms with Crippen molar-refractivity contribution in [3.63, 3.8) is 0 Å². The minimum absolute atomic E-state index is 0.00409. The van der Waals surface area contributed by atoms with E-state index in [1.54, 1.807) is 27.7 Å². The minimum Gasteiger partial charge on any atom is -0.280 e. The van der Waals surface area contributed by atoms with E-state index in [0.29, 0.717) is 5.41 Å². The molecule has 322 valence electrons. The Morgan fingerprint density at radius 3 is 2.00 bits per heavy atom. The van der Waals surface area contributed by atoms with Crippen LogP contribution < -0.4 is 10.9 Å². The molecule has 64 heavy (non-hydrogen) atoms. The van der Waals surface area contributed by atoms with Crippen molar-refractivity contribution >= 4 is 62.0 Å². The molecule has 0 N–H and O–H groups in total. The molecule has 0 amide bonds. The second-order valence-corrected chi connectivity index (χ2v) is 24.2. The number of allylic oxidation sites excluding steroid dienone is 1. The van der Waals surface area contributed by atoms with Crippen molar-refractivity contribution in [3.05, 3.63) is 122 Å². The Kier molecular flexibility index (Phi) is 7.20. The van der Waals surface area contributed by atoms with Gasteiger partial charge in [0.05, 0.1) is 22.1 Å². The summed E-state index contributed by atoms with van der Waals surface area (Å²) in [6.07, 6.45) is 25.5. The molecule has 0 unspecified atom stereocenters. The summed E-state index contributed by atoms with van der Waals surface area (Å²) in [6.45, 7) is 12.2. The van der Waals surface area contributed by atoms with Crippen LogP contribution in [0.4, 0.5) is 0 Å². The molecule has 4 saturated carbocycles. The first kappa shape index (κ1) is 37.6. The van der Waals surface area contributed by atoms with E-state index in [9.17, 15) is 0 Å². The average Bonchev–Trinajstić information content (AvgIpc) is 4.16. The minimum atomic E-state index is -0.00409. The van der Waals surface area contributed by atoms with Gasteiger partial charge in [0.25, 0.3) is 0 Å². The highest BCUT2D eigenvalue weighted by molar-refractivity contribution is 6.94. The van der Waals surface area contributed by atoms with Crippen LogP contribution in [0.15, 0.2) is 72.2 Å². The highest BCUT2D eigenvalue weighted by Gasteiger charge is 2.59. The van der Waals surface area contributed by atoms with Crippen LogP contribution in [0.2, 0.25) is 0 Å². The molecule has 4 spiro atoms. The topological polar surface area (TPSA) is 22.2 Å². The number of hydrogen-bond acceptors (Lipinski definition) is 1. The van der Waals surface area contributed by atoms with E-state index in [4.69, 9.17) is 4.98 Å². The molecule has 15 rings (SSSR count). The number of imidazole rings is 1. The van der Waals surface area contributed by atoms with Crippen LogP contribution in [-0.4, -0.2) is 20.7 Å². The Morgan fingerprint density at radius 1 is 0.625 bits per heavy atom. The lowest BCUT2D eigenvalue weighted by Gasteiger charge is -2.37. The Labute approximate surface area is 380 Å². The normalized spacial score (nSPS) is 22.9. The number of benzene rings is 5. The van der Waals surface area contributed by atoms with Crippen molar-refractivity contribution in [3.8, 4) is 0 Å². The lowest BCUT2D eigenvalue weighted by Crippen LogP contribution is -2.52. The second kappa shape index (κ2) is 12.3. The van der Waals surface area contributed by atoms with Gasteiger partial charge in [0.1, 0.15) is 0 Å². The van der Waals surface area contributed by atoms with Crippen LogP contribution >= 0.6 is 0 Å². The molecule has 0 saturated heterocycles. The van der Waals surface area contributed by atoms with Gasteiger partial charge in [-0.1, -0.05) is 144 Å². The first-order chi connectivity index (χ1) is 31.1. The highest BCUT2D eigenvalue weighted by atomic mass is 15.2. The first-order valence-corrected chi connectivity index (χ1v) is 26.0. The third kappa shape index (κ3) is 4.33. The van der Waals surface area contributed by atoms with Gasteiger partial charge in [-0.3, -0.25) is 8.97 Å². The van der Waals surface area contributed by atoms with Gasteiger partial charge in [0.15, 0.2) is 0 Å². The molecule has 4 fully saturated rings. The van der Waals surface area contributed by atoms with Crippen LogP contribution in [0.3, 0.4) is 0 Å². The molecule has 7 aliphatic carbocycles. The van der Waals surface area contributed by atoms with Crippen molar-refractivity contribution in [2.75, 3.05) is 0 Å². The van der Waals surface area contributed by atoms with E-state index in [2.05, 4.69) is 110 Å². The zero-order valence-corrected chi connectivity index (χ0v) is 39.2. The lowest BCUT2D eigenvalue weighted by atomic mass is 9.31. The maximum atomic E-state index is 6.41. The van der Waals surface area contributed by atoms with Gasteiger partial charge in [-0.2, -0.15) is 0 Å². The van der Waals surface area contributed by atoms with Crippen LogP contribution in [0.25, 0.3) is 44.3 Å². The molecule has 7 aromatic rings. The Balaban J connectivity index is 1.20. The second-order valence-electron chi connectivity index (χ2n) is 24.2. The van der Waals surface area contributed by atoms with Crippen LogP contribution in [0.1, 0.15) is 186 Å². The van der Waals surface area contributed by atoms with Gasteiger partial charge in [-0.25, -0.2) is 4.98 Å². The summed E-state index contributed by atoms with van der Waals surface area (Å²) in [5.41, 5.74) is 27.4. The fourth-order valence-corrected chi connectivity index (χ4v) is 17.8. The Hall–Kier alpha value is -4.57. The first-order valence-electron chi connectivity index (χ1n) is 26.0. The lowest BCUT2D eigenvalue weighted by molar-refractivity contribution is 0.323. The number of nitrogens with zero attached hydrogens (tertiary/aromatic N) is 3. The molecule has 8 aliphatic rings. The molecule has 4 heteroatoms. The summed E-state index contributed by atoms with van der Waals surface area (Å²) >= 11 is 0.